The molecule has 0 aromatic heterocycles. The van der Waals surface area contributed by atoms with Crippen molar-refractivity contribution in [3.8, 4) is 5.75 Å². The molecule has 5 fully saturated rings. The van der Waals surface area contributed by atoms with Crippen LogP contribution in [0.4, 0.5) is 28.4 Å². The van der Waals surface area contributed by atoms with Gasteiger partial charge in [-0.25, -0.2) is 0 Å². The van der Waals surface area contributed by atoms with Gasteiger partial charge in [-0.15, -0.1) is 0 Å². The molecule has 70 heavy (non-hydrogen) atoms. The van der Waals surface area contributed by atoms with Crippen molar-refractivity contribution in [2.75, 3.05) is 77.7 Å². The number of benzene rings is 5. The average molecular weight is 960 g/mol. The van der Waals surface area contributed by atoms with E-state index >= 15 is 9.59 Å². The fraction of sp³-hybridized carbons (Fsp3) is 0.411. The molecule has 3 N–H and O–H groups in total. The highest BCUT2D eigenvalue weighted by atomic mass is 28.3. The van der Waals surface area contributed by atoms with E-state index in [1.54, 1.807) is 7.11 Å². The van der Waals surface area contributed by atoms with Crippen LogP contribution in [0.1, 0.15) is 50.2 Å². The predicted octanol–water partition coefficient (Wildman–Crippen LogP) is 6.71. The number of carbonyl (C=O) groups excluding carboxylic acids is 3. The van der Waals surface area contributed by atoms with Crippen molar-refractivity contribution in [1.29, 1.82) is 0 Å². The topological polar surface area (TPSA) is 130 Å². The van der Waals surface area contributed by atoms with Gasteiger partial charge >= 0.3 is 0 Å². The van der Waals surface area contributed by atoms with Gasteiger partial charge in [-0.3, -0.25) is 24.2 Å². The molecule has 0 saturated carbocycles. The van der Waals surface area contributed by atoms with Gasteiger partial charge in [0.05, 0.1) is 46.9 Å². The fourth-order valence-electron chi connectivity index (χ4n) is 13.4. The molecule has 0 aliphatic carbocycles. The molecule has 0 bridgehead atoms. The Morgan fingerprint density at radius 3 is 1.76 bits per heavy atom. The summed E-state index contributed by atoms with van der Waals surface area (Å²) in [6.07, 6.45) is 2.74. The summed E-state index contributed by atoms with van der Waals surface area (Å²) in [4.78, 5) is 56.0. The molecule has 4 atom stereocenters. The van der Waals surface area contributed by atoms with E-state index in [9.17, 15) is 9.90 Å². The Hall–Kier alpha value is -6.03. The molecule has 3 amide bonds. The van der Waals surface area contributed by atoms with Crippen molar-refractivity contribution < 1.29 is 29.0 Å². The van der Waals surface area contributed by atoms with Crippen LogP contribution >= 0.6 is 0 Å². The van der Waals surface area contributed by atoms with E-state index in [0.717, 1.165) is 71.5 Å². The predicted molar refractivity (Wildman–Crippen MR) is 278 cm³/mol. The first-order chi connectivity index (χ1) is 34.0. The number of nitrogens with zero attached hydrogens (tertiary/aromatic N) is 5. The molecule has 3 spiro atoms. The number of methoxy groups -OCH3 is 1. The molecule has 5 aromatic rings. The Labute approximate surface area is 412 Å². The van der Waals surface area contributed by atoms with Crippen molar-refractivity contribution in [2.45, 2.75) is 87.0 Å². The minimum absolute atomic E-state index is 0.0582. The van der Waals surface area contributed by atoms with Gasteiger partial charge in [0.15, 0.2) is 5.60 Å². The number of amides is 3. The van der Waals surface area contributed by atoms with Crippen LogP contribution in [0.25, 0.3) is 0 Å². The molecule has 11 rings (SSSR count). The van der Waals surface area contributed by atoms with Crippen LogP contribution in [-0.2, 0) is 31.3 Å². The standard InChI is InChI=1S/C56H65N7O6Si/c1-39-50(70(3,4)46-21-19-45(68-2)20-22-46)49(24-33-64)69-56(39)47-35-44(61-38-63(42-15-9-6-10-16-42)55(52(61)66)27-31-58-32-28-55)18-23-48(47)59(53(56)67)36-40-12-11-17-43(34-40)60-37-62(41-13-7-5-8-14-41)54(51(60)65)25-29-57-30-26-54/h5-23,34-35,39,49-50,57-58,64H,24-33,36-38H2,1-4H3/t39-,49+,50-,56+/m1/s1. The molecule has 14 heteroatoms. The lowest BCUT2D eigenvalue weighted by molar-refractivity contribution is -0.146. The van der Waals surface area contributed by atoms with Gasteiger partial charge in [-0.1, -0.05) is 85.9 Å². The van der Waals surface area contributed by atoms with E-state index < -0.39 is 30.9 Å². The Kier molecular flexibility index (Phi) is 11.9. The van der Waals surface area contributed by atoms with E-state index in [-0.39, 0.29) is 42.3 Å². The van der Waals surface area contributed by atoms with Gasteiger partial charge in [0.1, 0.15) is 16.8 Å². The number of hydrogen-bond donors (Lipinski definition) is 3. The van der Waals surface area contributed by atoms with Crippen molar-refractivity contribution in [3.05, 3.63) is 139 Å². The number of fused-ring (bicyclic) bond motifs is 2. The summed E-state index contributed by atoms with van der Waals surface area (Å²) in [5.41, 5.74) is 3.08. The van der Waals surface area contributed by atoms with Crippen LogP contribution in [-0.4, -0.2) is 101 Å². The zero-order valence-corrected chi connectivity index (χ0v) is 41.8. The van der Waals surface area contributed by atoms with Gasteiger partial charge in [0, 0.05) is 40.8 Å². The zero-order valence-electron chi connectivity index (χ0n) is 40.8. The lowest BCUT2D eigenvalue weighted by Gasteiger charge is -2.39. The van der Waals surface area contributed by atoms with E-state index in [1.165, 1.54) is 5.19 Å². The molecular weight excluding hydrogens is 895 g/mol. The van der Waals surface area contributed by atoms with Crippen molar-refractivity contribution in [1.82, 2.24) is 10.6 Å². The SMILES string of the molecule is COc1ccc([Si](C)(C)[C@H]2[C@H](CCO)O[C@@]3(C(=O)N(Cc4cccc(N5CN(c6ccccc6)C6(CCNCC6)C5=O)c4)c4ccc(N5CN(c6ccccc6)C6(CCNCC6)C5=O)cc43)[C@@H]2C)cc1. The molecule has 0 unspecified atom stereocenters. The Morgan fingerprint density at radius 2 is 1.21 bits per heavy atom. The number of carbonyl (C=O) groups is 3. The van der Waals surface area contributed by atoms with Gasteiger partial charge in [-0.2, -0.15) is 0 Å². The summed E-state index contributed by atoms with van der Waals surface area (Å²) in [5.74, 6) is 0.473. The smallest absolute Gasteiger partial charge is 0.264 e. The molecule has 6 aliphatic heterocycles. The van der Waals surface area contributed by atoms with Crippen LogP contribution in [0.3, 0.4) is 0 Å². The molecule has 364 valence electrons. The van der Waals surface area contributed by atoms with Gasteiger partial charge in [0.25, 0.3) is 17.7 Å². The second-order valence-electron chi connectivity index (χ2n) is 20.8. The fourth-order valence-corrected chi connectivity index (χ4v) is 17.4. The quantitative estimate of drug-likeness (QED) is 0.123. The van der Waals surface area contributed by atoms with E-state index in [0.29, 0.717) is 45.4 Å². The minimum Gasteiger partial charge on any atom is -0.497 e. The summed E-state index contributed by atoms with van der Waals surface area (Å²) in [6.45, 7) is 10.8. The highest BCUT2D eigenvalue weighted by molar-refractivity contribution is 6.91. The van der Waals surface area contributed by atoms with Gasteiger partial charge in [0.2, 0.25) is 0 Å². The maximum atomic E-state index is 16.0. The summed E-state index contributed by atoms with van der Waals surface area (Å²) in [5, 5.41) is 18.8. The number of nitrogens with one attached hydrogen (secondary N) is 2. The minimum atomic E-state index is -2.47. The molecule has 5 saturated heterocycles. The Morgan fingerprint density at radius 1 is 0.671 bits per heavy atom. The van der Waals surface area contributed by atoms with Crippen LogP contribution in [0.15, 0.2) is 127 Å². The number of anilines is 5. The van der Waals surface area contributed by atoms with Gasteiger partial charge in [-0.05, 0) is 136 Å². The third kappa shape index (κ3) is 7.19. The summed E-state index contributed by atoms with van der Waals surface area (Å²) in [7, 11) is -0.802. The first-order valence-electron chi connectivity index (χ1n) is 25.2. The average Bonchev–Trinajstić information content (AvgIpc) is 4.03. The molecule has 6 heterocycles. The molecule has 5 aromatic carbocycles. The largest absolute Gasteiger partial charge is 0.497 e. The second-order valence-corrected chi connectivity index (χ2v) is 25.5. The van der Waals surface area contributed by atoms with Crippen molar-refractivity contribution in [3.63, 3.8) is 0 Å². The van der Waals surface area contributed by atoms with Crippen LogP contribution in [0, 0.1) is 5.92 Å². The maximum absolute atomic E-state index is 16.0. The number of rotatable bonds is 11. The molecule has 13 nitrogen and oxygen atoms in total. The van der Waals surface area contributed by atoms with E-state index in [1.807, 2.05) is 93.6 Å². The number of piperidine rings is 2. The number of aliphatic hydroxyl groups excluding tert-OH is 1. The first kappa shape index (κ1) is 46.4. The number of hydrogen-bond acceptors (Lipinski definition) is 10. The van der Waals surface area contributed by atoms with E-state index in [4.69, 9.17) is 9.47 Å². The number of ether oxygens (including phenoxy) is 2. The highest BCUT2D eigenvalue weighted by Crippen LogP contribution is 2.61. The number of para-hydroxylation sites is 2. The Balaban J connectivity index is 0.991. The van der Waals surface area contributed by atoms with Crippen LogP contribution in [0.5, 0.6) is 5.75 Å². The number of aliphatic hydroxyl groups is 1. The van der Waals surface area contributed by atoms with Crippen LogP contribution < -0.4 is 45.1 Å². The second kappa shape index (κ2) is 18.0. The summed E-state index contributed by atoms with van der Waals surface area (Å²) in [6, 6.07) is 42.9. The summed E-state index contributed by atoms with van der Waals surface area (Å²) >= 11 is 0. The molecule has 6 aliphatic rings. The van der Waals surface area contributed by atoms with Crippen LogP contribution in [0.2, 0.25) is 18.6 Å². The normalized spacial score (nSPS) is 25.0. The third-order valence-corrected chi connectivity index (χ3v) is 21.3. The zero-order chi connectivity index (χ0) is 48.4. The molecular formula is C56H65N7O6Si. The first-order valence-corrected chi connectivity index (χ1v) is 28.2. The third-order valence-electron chi connectivity index (χ3n) is 17.0. The van der Waals surface area contributed by atoms with E-state index in [2.05, 4.69) is 89.0 Å². The maximum Gasteiger partial charge on any atom is 0.264 e. The summed E-state index contributed by atoms with van der Waals surface area (Å²) < 4.78 is 12.9. The monoisotopic (exact) mass is 959 g/mol. The van der Waals surface area contributed by atoms with Gasteiger partial charge < -0.3 is 39.9 Å². The lowest BCUT2D eigenvalue weighted by atomic mass is 9.82. The Bertz CT molecular complexity index is 2770. The lowest BCUT2D eigenvalue weighted by Crippen LogP contribution is -2.55. The molecule has 0 radical (unpaired) electrons. The van der Waals surface area contributed by atoms with Crippen molar-refractivity contribution in [2.24, 2.45) is 5.92 Å². The van der Waals surface area contributed by atoms with Crippen molar-refractivity contribution >= 4 is 59.4 Å². The highest BCUT2D eigenvalue weighted by Gasteiger charge is 2.66.